The summed E-state index contributed by atoms with van der Waals surface area (Å²) < 4.78 is 12.6. The highest BCUT2D eigenvalue weighted by atomic mass is 35.5. The zero-order valence-corrected chi connectivity index (χ0v) is 17.0. The lowest BCUT2D eigenvalue weighted by atomic mass is 10.1. The molecule has 0 fully saturated rings. The van der Waals surface area contributed by atoms with Gasteiger partial charge < -0.3 is 24.8 Å². The van der Waals surface area contributed by atoms with Crippen molar-refractivity contribution in [2.24, 2.45) is 12.8 Å². The van der Waals surface area contributed by atoms with E-state index < -0.39 is 5.97 Å². The zero-order chi connectivity index (χ0) is 20.5. The summed E-state index contributed by atoms with van der Waals surface area (Å²) in [6, 6.07) is 13.2. The number of carbonyl (C=O) groups excluding carboxylic acids is 1. The minimum absolute atomic E-state index is 0.191. The van der Waals surface area contributed by atoms with Crippen LogP contribution in [0.4, 0.5) is 0 Å². The van der Waals surface area contributed by atoms with Crippen molar-refractivity contribution in [3.63, 3.8) is 0 Å². The van der Waals surface area contributed by atoms with E-state index in [9.17, 15) is 4.79 Å². The Balaban J connectivity index is 1.55. The van der Waals surface area contributed by atoms with Crippen LogP contribution in [0.15, 0.2) is 48.7 Å². The maximum absolute atomic E-state index is 12.0. The number of para-hydroxylation sites is 1. The van der Waals surface area contributed by atoms with Crippen LogP contribution >= 0.6 is 11.6 Å². The number of H-pyrrole nitrogens is 1. The summed E-state index contributed by atoms with van der Waals surface area (Å²) in [4.78, 5) is 15.3. The third-order valence-electron chi connectivity index (χ3n) is 5.11. The van der Waals surface area contributed by atoms with Crippen LogP contribution in [0.3, 0.4) is 0 Å². The predicted molar refractivity (Wildman–Crippen MR) is 115 cm³/mol. The monoisotopic (exact) mass is 411 g/mol. The normalized spacial score (nSPS) is 12.4. The fourth-order valence-electron chi connectivity index (χ4n) is 3.66. The molecular formula is C22H22ClN3O3. The number of aromatic nitrogens is 2. The first kappa shape index (κ1) is 19.4. The smallest absolute Gasteiger partial charge is 0.354 e. The van der Waals surface area contributed by atoms with Gasteiger partial charge in [0.15, 0.2) is 0 Å². The molecule has 0 aliphatic heterocycles. The number of rotatable bonds is 6. The van der Waals surface area contributed by atoms with Gasteiger partial charge in [-0.1, -0.05) is 29.8 Å². The Bertz CT molecular complexity index is 1190. The number of aryl methyl sites for hydroxylation is 1. The Hall–Kier alpha value is -2.96. The number of esters is 1. The molecule has 0 aliphatic rings. The number of aromatic amines is 1. The van der Waals surface area contributed by atoms with Crippen LogP contribution in [-0.4, -0.2) is 35.3 Å². The minimum atomic E-state index is -0.429. The number of methoxy groups -OCH3 is 1. The quantitative estimate of drug-likeness (QED) is 0.469. The average molecular weight is 412 g/mol. The fourth-order valence-corrected chi connectivity index (χ4v) is 3.95. The van der Waals surface area contributed by atoms with Gasteiger partial charge in [-0.15, -0.1) is 0 Å². The summed E-state index contributed by atoms with van der Waals surface area (Å²) in [6.07, 6.45) is 2.67. The average Bonchev–Trinajstić information content (AvgIpc) is 3.29. The fraction of sp³-hybridized carbons (Fsp3) is 0.227. The van der Waals surface area contributed by atoms with Gasteiger partial charge >= 0.3 is 5.97 Å². The van der Waals surface area contributed by atoms with E-state index in [4.69, 9.17) is 26.8 Å². The van der Waals surface area contributed by atoms with Crippen LogP contribution in [0.25, 0.3) is 21.8 Å². The number of ether oxygens (including phenoxy) is 2. The lowest BCUT2D eigenvalue weighted by molar-refractivity contribution is 0.0590. The van der Waals surface area contributed by atoms with Crippen molar-refractivity contribution in [2.75, 3.05) is 13.7 Å². The number of nitrogens with two attached hydrogens (primary N) is 1. The maximum Gasteiger partial charge on any atom is 0.354 e. The molecule has 3 N–H and O–H groups in total. The highest BCUT2D eigenvalue weighted by Crippen LogP contribution is 2.34. The van der Waals surface area contributed by atoms with Crippen molar-refractivity contribution >= 4 is 39.4 Å². The topological polar surface area (TPSA) is 82.3 Å². The number of fused-ring (bicyclic) bond motifs is 2. The molecule has 4 rings (SSSR count). The number of nitrogens with zero attached hydrogens (tertiary/aromatic N) is 1. The summed E-state index contributed by atoms with van der Waals surface area (Å²) >= 11 is 6.35. The molecular weight excluding hydrogens is 390 g/mol. The van der Waals surface area contributed by atoms with Crippen molar-refractivity contribution in [1.82, 2.24) is 9.55 Å². The molecule has 0 saturated carbocycles. The second-order valence-corrected chi connectivity index (χ2v) is 7.43. The molecule has 0 unspecified atom stereocenters. The van der Waals surface area contributed by atoms with Gasteiger partial charge in [0, 0.05) is 35.6 Å². The van der Waals surface area contributed by atoms with Crippen LogP contribution in [-0.2, 0) is 18.2 Å². The maximum atomic E-state index is 12.0. The second-order valence-electron chi connectivity index (χ2n) is 7.02. The third-order valence-corrected chi connectivity index (χ3v) is 5.42. The van der Waals surface area contributed by atoms with Crippen LogP contribution in [0.5, 0.6) is 5.75 Å². The van der Waals surface area contributed by atoms with Crippen molar-refractivity contribution < 1.29 is 14.3 Å². The van der Waals surface area contributed by atoms with E-state index >= 15 is 0 Å². The Kier molecular flexibility index (Phi) is 5.22. The lowest BCUT2D eigenvalue weighted by Gasteiger charge is -2.14. The van der Waals surface area contributed by atoms with Gasteiger partial charge in [-0.3, -0.25) is 0 Å². The summed E-state index contributed by atoms with van der Waals surface area (Å²) in [7, 11) is 3.12. The van der Waals surface area contributed by atoms with Crippen molar-refractivity contribution in [2.45, 2.75) is 12.5 Å². The highest BCUT2D eigenvalue weighted by molar-refractivity contribution is 6.35. The van der Waals surface area contributed by atoms with Gasteiger partial charge in [0.25, 0.3) is 0 Å². The first-order chi connectivity index (χ1) is 14.0. The predicted octanol–water partition coefficient (Wildman–Crippen LogP) is 4.05. The van der Waals surface area contributed by atoms with Gasteiger partial charge in [0.1, 0.15) is 18.1 Å². The Morgan fingerprint density at radius 2 is 2.03 bits per heavy atom. The summed E-state index contributed by atoms with van der Waals surface area (Å²) in [6.45, 7) is 0.332. The Morgan fingerprint density at radius 3 is 2.83 bits per heavy atom. The summed E-state index contributed by atoms with van der Waals surface area (Å²) in [5.74, 6) is 0.200. The van der Waals surface area contributed by atoms with Gasteiger partial charge in [-0.2, -0.15) is 0 Å². The van der Waals surface area contributed by atoms with Crippen LogP contribution in [0, 0.1) is 0 Å². The van der Waals surface area contributed by atoms with Crippen LogP contribution < -0.4 is 10.5 Å². The first-order valence-corrected chi connectivity index (χ1v) is 9.67. The van der Waals surface area contributed by atoms with E-state index in [1.807, 2.05) is 24.4 Å². The van der Waals surface area contributed by atoms with Crippen molar-refractivity contribution in [3.8, 4) is 5.75 Å². The Labute approximate surface area is 173 Å². The lowest BCUT2D eigenvalue weighted by Crippen LogP contribution is -2.30. The van der Waals surface area contributed by atoms with E-state index in [0.29, 0.717) is 29.5 Å². The molecule has 2 aromatic carbocycles. The molecule has 7 heteroatoms. The summed E-state index contributed by atoms with van der Waals surface area (Å²) in [5, 5.41) is 2.45. The van der Waals surface area contributed by atoms with E-state index in [2.05, 4.69) is 11.1 Å². The number of benzene rings is 2. The number of halogens is 1. The molecule has 0 aliphatic carbocycles. The molecule has 150 valence electrons. The number of hydrogen-bond acceptors (Lipinski definition) is 4. The van der Waals surface area contributed by atoms with Crippen LogP contribution in [0.2, 0.25) is 5.02 Å². The van der Waals surface area contributed by atoms with Crippen molar-refractivity contribution in [3.05, 3.63) is 64.9 Å². The third kappa shape index (κ3) is 3.57. The molecule has 0 saturated heterocycles. The molecule has 6 nitrogen and oxygen atoms in total. The molecule has 0 amide bonds. The van der Waals surface area contributed by atoms with Gasteiger partial charge in [-0.05, 0) is 36.2 Å². The molecule has 2 heterocycles. The number of carbonyl (C=O) groups is 1. The molecule has 0 radical (unpaired) electrons. The molecule has 0 spiro atoms. The number of hydrogen-bond donors (Lipinski definition) is 2. The molecule has 2 aromatic heterocycles. The standard InChI is InChI=1S/C22H22ClN3O3/c1-26-19(22(27)28-2)10-16-20(8-7-17(23)21(16)26)29-12-14(24)9-13-11-25-18-6-4-3-5-15(13)18/h3-8,10-11,14,25H,9,12,24H2,1-2H3/t14-/m0/s1. The van der Waals surface area contributed by atoms with E-state index in [1.54, 1.807) is 29.8 Å². The number of nitrogens with one attached hydrogen (secondary N) is 1. The van der Waals surface area contributed by atoms with E-state index in [1.165, 1.54) is 12.5 Å². The molecule has 4 aromatic rings. The van der Waals surface area contributed by atoms with Crippen molar-refractivity contribution in [1.29, 1.82) is 0 Å². The molecule has 1 atom stereocenters. The van der Waals surface area contributed by atoms with E-state index in [0.717, 1.165) is 22.0 Å². The SMILES string of the molecule is COC(=O)c1cc2c(OC[C@@H](N)Cc3c[nH]c4ccccc34)ccc(Cl)c2n1C. The van der Waals surface area contributed by atoms with Gasteiger partial charge in [0.2, 0.25) is 0 Å². The Morgan fingerprint density at radius 1 is 1.24 bits per heavy atom. The zero-order valence-electron chi connectivity index (χ0n) is 16.2. The summed E-state index contributed by atoms with van der Waals surface area (Å²) in [5.41, 5.74) is 9.71. The molecule has 0 bridgehead atoms. The largest absolute Gasteiger partial charge is 0.491 e. The minimum Gasteiger partial charge on any atom is -0.491 e. The first-order valence-electron chi connectivity index (χ1n) is 9.29. The van der Waals surface area contributed by atoms with Gasteiger partial charge in [0.05, 0.1) is 17.6 Å². The van der Waals surface area contributed by atoms with Crippen LogP contribution in [0.1, 0.15) is 16.1 Å². The highest BCUT2D eigenvalue weighted by Gasteiger charge is 2.19. The van der Waals surface area contributed by atoms with Gasteiger partial charge in [-0.25, -0.2) is 4.79 Å². The second kappa shape index (κ2) is 7.81. The molecule has 29 heavy (non-hydrogen) atoms. The van der Waals surface area contributed by atoms with E-state index in [-0.39, 0.29) is 6.04 Å².